The van der Waals surface area contributed by atoms with Gasteiger partial charge < -0.3 is 10.1 Å². The molecule has 2 aromatic carbocycles. The van der Waals surface area contributed by atoms with Crippen LogP contribution in [0.5, 0.6) is 0 Å². The highest BCUT2D eigenvalue weighted by molar-refractivity contribution is 6.30. The lowest BCUT2D eigenvalue weighted by Crippen LogP contribution is -2.16. The van der Waals surface area contributed by atoms with Crippen LogP contribution in [0.3, 0.4) is 0 Å². The van der Waals surface area contributed by atoms with Gasteiger partial charge in [-0.1, -0.05) is 35.3 Å². The van der Waals surface area contributed by atoms with Crippen LogP contribution in [0.2, 0.25) is 10.0 Å². The predicted octanol–water partition coefficient (Wildman–Crippen LogP) is 4.15. The summed E-state index contributed by atoms with van der Waals surface area (Å²) in [7, 11) is 0. The van der Waals surface area contributed by atoms with Crippen molar-refractivity contribution in [3.8, 4) is 0 Å². The maximum absolute atomic E-state index is 11.6. The summed E-state index contributed by atoms with van der Waals surface area (Å²) in [6.07, 6.45) is 0. The SMILES string of the molecule is O=C(CNc1ccc(Cl)cc1)OCc1cccc(Cl)c1. The lowest BCUT2D eigenvalue weighted by molar-refractivity contribution is -0.142. The number of halogens is 2. The van der Waals surface area contributed by atoms with Crippen molar-refractivity contribution in [3.05, 3.63) is 64.1 Å². The van der Waals surface area contributed by atoms with Crippen LogP contribution in [0.1, 0.15) is 5.56 Å². The lowest BCUT2D eigenvalue weighted by Gasteiger charge is -2.07. The first-order valence-electron chi connectivity index (χ1n) is 6.03. The molecule has 0 heterocycles. The second-order valence-electron chi connectivity index (χ2n) is 4.15. The van der Waals surface area contributed by atoms with Gasteiger partial charge in [-0.2, -0.15) is 0 Å². The summed E-state index contributed by atoms with van der Waals surface area (Å²) in [6.45, 7) is 0.309. The Kier molecular flexibility index (Phi) is 5.27. The summed E-state index contributed by atoms with van der Waals surface area (Å²) >= 11 is 11.6. The summed E-state index contributed by atoms with van der Waals surface area (Å²) in [5.41, 5.74) is 1.67. The van der Waals surface area contributed by atoms with Gasteiger partial charge in [-0.05, 0) is 42.0 Å². The number of nitrogens with one attached hydrogen (secondary N) is 1. The van der Waals surface area contributed by atoms with E-state index in [4.69, 9.17) is 27.9 Å². The Balaban J connectivity index is 1.77. The molecule has 0 atom stereocenters. The maximum atomic E-state index is 11.6. The van der Waals surface area contributed by atoms with Crippen LogP contribution in [0, 0.1) is 0 Å². The quantitative estimate of drug-likeness (QED) is 0.843. The van der Waals surface area contributed by atoms with Crippen LogP contribution in [-0.2, 0) is 16.1 Å². The van der Waals surface area contributed by atoms with E-state index in [1.54, 1.807) is 36.4 Å². The normalized spacial score (nSPS) is 10.1. The Morgan fingerprint density at radius 3 is 2.50 bits per heavy atom. The van der Waals surface area contributed by atoms with Gasteiger partial charge in [-0.15, -0.1) is 0 Å². The minimum absolute atomic E-state index is 0.0994. The number of anilines is 1. The smallest absolute Gasteiger partial charge is 0.325 e. The van der Waals surface area contributed by atoms with Gasteiger partial charge in [0.05, 0.1) is 0 Å². The third kappa shape index (κ3) is 4.76. The molecule has 0 saturated heterocycles. The third-order valence-corrected chi connectivity index (χ3v) is 3.06. The van der Waals surface area contributed by atoms with Crippen molar-refractivity contribution in [2.45, 2.75) is 6.61 Å². The van der Waals surface area contributed by atoms with E-state index >= 15 is 0 Å². The highest BCUT2D eigenvalue weighted by Gasteiger charge is 2.03. The van der Waals surface area contributed by atoms with Crippen molar-refractivity contribution >= 4 is 34.9 Å². The zero-order valence-corrected chi connectivity index (χ0v) is 12.1. The molecule has 0 bridgehead atoms. The van der Waals surface area contributed by atoms with E-state index in [2.05, 4.69) is 5.32 Å². The van der Waals surface area contributed by atoms with Gasteiger partial charge in [-0.3, -0.25) is 4.79 Å². The first kappa shape index (κ1) is 14.7. The predicted molar refractivity (Wildman–Crippen MR) is 81.2 cm³/mol. The van der Waals surface area contributed by atoms with Gasteiger partial charge in [-0.25, -0.2) is 0 Å². The van der Waals surface area contributed by atoms with Gasteiger partial charge in [0.1, 0.15) is 13.2 Å². The van der Waals surface area contributed by atoms with Gasteiger partial charge >= 0.3 is 5.97 Å². The first-order valence-corrected chi connectivity index (χ1v) is 6.78. The molecule has 0 amide bonds. The minimum Gasteiger partial charge on any atom is -0.460 e. The fourth-order valence-corrected chi connectivity index (χ4v) is 1.92. The number of hydrogen-bond acceptors (Lipinski definition) is 3. The molecular weight excluding hydrogens is 297 g/mol. The van der Waals surface area contributed by atoms with Crippen LogP contribution >= 0.6 is 23.2 Å². The molecule has 0 radical (unpaired) electrons. The number of ether oxygens (including phenoxy) is 1. The fraction of sp³-hybridized carbons (Fsp3) is 0.133. The minimum atomic E-state index is -0.333. The Hall–Kier alpha value is -1.71. The van der Waals surface area contributed by atoms with E-state index in [0.29, 0.717) is 10.0 Å². The largest absolute Gasteiger partial charge is 0.460 e. The molecule has 1 N–H and O–H groups in total. The van der Waals surface area contributed by atoms with E-state index in [9.17, 15) is 4.79 Å². The number of benzene rings is 2. The molecule has 0 unspecified atom stereocenters. The second-order valence-corrected chi connectivity index (χ2v) is 5.02. The van der Waals surface area contributed by atoms with Gasteiger partial charge in [0.25, 0.3) is 0 Å². The van der Waals surface area contributed by atoms with Crippen LogP contribution in [0.4, 0.5) is 5.69 Å². The molecular formula is C15H13Cl2NO2. The molecule has 3 nitrogen and oxygen atoms in total. The Bertz CT molecular complexity index is 585. The molecule has 20 heavy (non-hydrogen) atoms. The van der Waals surface area contributed by atoms with Crippen LogP contribution in [0.15, 0.2) is 48.5 Å². The molecule has 0 aliphatic carbocycles. The Morgan fingerprint density at radius 2 is 1.80 bits per heavy atom. The number of carbonyl (C=O) groups is 1. The second kappa shape index (κ2) is 7.17. The first-order chi connectivity index (χ1) is 9.63. The summed E-state index contributed by atoms with van der Waals surface area (Å²) < 4.78 is 5.14. The average molecular weight is 310 g/mol. The van der Waals surface area contributed by atoms with E-state index < -0.39 is 0 Å². The highest BCUT2D eigenvalue weighted by Crippen LogP contribution is 2.13. The molecule has 104 valence electrons. The Labute approximate surface area is 127 Å². The molecule has 0 saturated carbocycles. The third-order valence-electron chi connectivity index (χ3n) is 2.57. The highest BCUT2D eigenvalue weighted by atomic mass is 35.5. The van der Waals surface area contributed by atoms with E-state index in [-0.39, 0.29) is 19.1 Å². The zero-order chi connectivity index (χ0) is 14.4. The molecule has 0 spiro atoms. The van der Waals surface area contributed by atoms with Crippen molar-refractivity contribution in [1.82, 2.24) is 0 Å². The van der Waals surface area contributed by atoms with Crippen LogP contribution < -0.4 is 5.32 Å². The monoisotopic (exact) mass is 309 g/mol. The number of esters is 1. The van der Waals surface area contributed by atoms with Crippen molar-refractivity contribution in [3.63, 3.8) is 0 Å². The summed E-state index contributed by atoms with van der Waals surface area (Å²) in [4.78, 5) is 11.6. The van der Waals surface area contributed by atoms with Crippen molar-refractivity contribution in [1.29, 1.82) is 0 Å². The molecule has 5 heteroatoms. The number of carbonyl (C=O) groups excluding carboxylic acids is 1. The van der Waals surface area contributed by atoms with Crippen LogP contribution in [0.25, 0.3) is 0 Å². The molecule has 0 aliphatic heterocycles. The fourth-order valence-electron chi connectivity index (χ4n) is 1.58. The van der Waals surface area contributed by atoms with Gasteiger partial charge in [0.2, 0.25) is 0 Å². The van der Waals surface area contributed by atoms with Crippen molar-refractivity contribution in [2.24, 2.45) is 0 Å². The maximum Gasteiger partial charge on any atom is 0.325 e. The van der Waals surface area contributed by atoms with Crippen molar-refractivity contribution < 1.29 is 9.53 Å². The molecule has 0 aliphatic rings. The van der Waals surface area contributed by atoms with E-state index in [1.807, 2.05) is 12.1 Å². The van der Waals surface area contributed by atoms with E-state index in [0.717, 1.165) is 11.3 Å². The summed E-state index contributed by atoms with van der Waals surface area (Å²) in [6, 6.07) is 14.3. The molecule has 2 rings (SSSR count). The number of rotatable bonds is 5. The van der Waals surface area contributed by atoms with Crippen LogP contribution in [-0.4, -0.2) is 12.5 Å². The summed E-state index contributed by atoms with van der Waals surface area (Å²) in [5, 5.41) is 4.23. The standard InChI is InChI=1S/C15H13Cl2NO2/c16-12-4-6-14(7-5-12)18-9-15(19)20-10-11-2-1-3-13(17)8-11/h1-8,18H,9-10H2. The molecule has 0 fully saturated rings. The van der Waals surface area contributed by atoms with Crippen molar-refractivity contribution in [2.75, 3.05) is 11.9 Å². The van der Waals surface area contributed by atoms with Gasteiger partial charge in [0, 0.05) is 15.7 Å². The Morgan fingerprint density at radius 1 is 1.05 bits per heavy atom. The zero-order valence-electron chi connectivity index (χ0n) is 10.6. The lowest BCUT2D eigenvalue weighted by atomic mass is 10.2. The summed E-state index contributed by atoms with van der Waals surface area (Å²) in [5.74, 6) is -0.333. The topological polar surface area (TPSA) is 38.3 Å². The van der Waals surface area contributed by atoms with E-state index in [1.165, 1.54) is 0 Å². The molecule has 0 aromatic heterocycles. The molecule has 2 aromatic rings. The van der Waals surface area contributed by atoms with Gasteiger partial charge in [0.15, 0.2) is 0 Å². The average Bonchev–Trinajstić information content (AvgIpc) is 2.45. The number of hydrogen-bond donors (Lipinski definition) is 1.